The maximum atomic E-state index is 11.6. The lowest BCUT2D eigenvalue weighted by Gasteiger charge is -2.09. The molecular weight excluding hydrogens is 400 g/mol. The minimum Gasteiger partial charge on any atom is -0.477 e. The molecule has 0 saturated carbocycles. The average molecular weight is 414 g/mol. The van der Waals surface area contributed by atoms with Crippen molar-refractivity contribution in [1.29, 1.82) is 0 Å². The van der Waals surface area contributed by atoms with Crippen LogP contribution in [-0.4, -0.2) is 38.9 Å². The number of hydrogen-bond donors (Lipinski definition) is 4. The van der Waals surface area contributed by atoms with Gasteiger partial charge in [0.15, 0.2) is 0 Å². The highest BCUT2D eigenvalue weighted by Gasteiger charge is 2.20. The number of hydrogen-bond acceptors (Lipinski definition) is 9. The Morgan fingerprint density at radius 3 is 2.52 bits per heavy atom. The molecule has 3 rings (SSSR count). The quantitative estimate of drug-likeness (QED) is 0.336. The SMILES string of the molecule is CNC(=O)c1ccc(Nc2ncc([N+](=O)[O-])c(Nc3ccsc3C(=O)O)n2)cc1. The van der Waals surface area contributed by atoms with Gasteiger partial charge in [0.1, 0.15) is 11.1 Å². The van der Waals surface area contributed by atoms with Gasteiger partial charge in [-0.25, -0.2) is 9.78 Å². The molecule has 0 unspecified atom stereocenters. The van der Waals surface area contributed by atoms with E-state index in [1.54, 1.807) is 29.6 Å². The molecule has 0 aliphatic rings. The highest BCUT2D eigenvalue weighted by Crippen LogP contribution is 2.30. The number of aromatic nitrogens is 2. The van der Waals surface area contributed by atoms with E-state index in [-0.39, 0.29) is 28.2 Å². The number of carbonyl (C=O) groups excluding carboxylic acids is 1. The Morgan fingerprint density at radius 2 is 1.90 bits per heavy atom. The molecule has 29 heavy (non-hydrogen) atoms. The molecule has 148 valence electrons. The van der Waals surface area contributed by atoms with Crippen molar-refractivity contribution in [3.8, 4) is 0 Å². The fraction of sp³-hybridized carbons (Fsp3) is 0.0588. The van der Waals surface area contributed by atoms with Crippen LogP contribution in [-0.2, 0) is 0 Å². The van der Waals surface area contributed by atoms with E-state index in [1.165, 1.54) is 13.1 Å². The zero-order valence-electron chi connectivity index (χ0n) is 14.9. The summed E-state index contributed by atoms with van der Waals surface area (Å²) in [6.07, 6.45) is 1.02. The Morgan fingerprint density at radius 1 is 1.17 bits per heavy atom. The second-order valence-corrected chi connectivity index (χ2v) is 6.48. The number of benzene rings is 1. The summed E-state index contributed by atoms with van der Waals surface area (Å²) in [6.45, 7) is 0. The van der Waals surface area contributed by atoms with E-state index in [0.29, 0.717) is 11.3 Å². The number of thiophene rings is 1. The van der Waals surface area contributed by atoms with Crippen LogP contribution in [0, 0.1) is 10.1 Å². The minimum absolute atomic E-state index is 0.00258. The van der Waals surface area contributed by atoms with Crippen molar-refractivity contribution >= 4 is 52.0 Å². The van der Waals surface area contributed by atoms with Crippen LogP contribution in [0.2, 0.25) is 0 Å². The summed E-state index contributed by atoms with van der Waals surface area (Å²) in [5, 5.41) is 30.1. The van der Waals surface area contributed by atoms with Gasteiger partial charge >= 0.3 is 11.7 Å². The van der Waals surface area contributed by atoms with Crippen molar-refractivity contribution in [3.05, 3.63) is 62.5 Å². The number of anilines is 4. The van der Waals surface area contributed by atoms with Gasteiger partial charge in [0.05, 0.1) is 10.6 Å². The van der Waals surface area contributed by atoms with Gasteiger partial charge < -0.3 is 21.1 Å². The van der Waals surface area contributed by atoms with Crippen LogP contribution in [0.5, 0.6) is 0 Å². The standard InChI is InChI=1S/C17H14N6O5S/c1-18-15(24)9-2-4-10(5-3-9)20-17-19-8-12(23(27)28)14(22-17)21-11-6-7-29-13(11)16(25)26/h2-8H,1H3,(H,18,24)(H,25,26)(H2,19,20,21,22). The Balaban J connectivity index is 1.88. The van der Waals surface area contributed by atoms with E-state index in [4.69, 9.17) is 0 Å². The largest absolute Gasteiger partial charge is 0.477 e. The van der Waals surface area contributed by atoms with E-state index >= 15 is 0 Å². The van der Waals surface area contributed by atoms with Gasteiger partial charge in [-0.2, -0.15) is 4.98 Å². The molecule has 0 fully saturated rings. The predicted molar refractivity (Wildman–Crippen MR) is 106 cm³/mol. The zero-order chi connectivity index (χ0) is 21.0. The Hall–Kier alpha value is -4.06. The first-order valence-corrected chi connectivity index (χ1v) is 8.95. The van der Waals surface area contributed by atoms with Crippen molar-refractivity contribution in [1.82, 2.24) is 15.3 Å². The average Bonchev–Trinajstić information content (AvgIpc) is 3.16. The minimum atomic E-state index is -1.16. The molecule has 12 heteroatoms. The number of rotatable bonds is 7. The van der Waals surface area contributed by atoms with Crippen molar-refractivity contribution in [2.24, 2.45) is 0 Å². The highest BCUT2D eigenvalue weighted by molar-refractivity contribution is 7.12. The van der Waals surface area contributed by atoms with E-state index in [1.807, 2.05) is 0 Å². The number of aromatic carboxylic acids is 1. The molecule has 2 aromatic heterocycles. The van der Waals surface area contributed by atoms with Gasteiger partial charge in [0.2, 0.25) is 11.8 Å². The van der Waals surface area contributed by atoms with Crippen LogP contribution >= 0.6 is 11.3 Å². The molecule has 0 radical (unpaired) electrons. The monoisotopic (exact) mass is 414 g/mol. The lowest BCUT2D eigenvalue weighted by molar-refractivity contribution is -0.384. The van der Waals surface area contributed by atoms with Gasteiger partial charge in [0, 0.05) is 18.3 Å². The van der Waals surface area contributed by atoms with Crippen LogP contribution in [0.4, 0.5) is 28.8 Å². The molecule has 3 aromatic rings. The zero-order valence-corrected chi connectivity index (χ0v) is 15.7. The van der Waals surface area contributed by atoms with Gasteiger partial charge in [-0.1, -0.05) is 0 Å². The fourth-order valence-electron chi connectivity index (χ4n) is 2.34. The van der Waals surface area contributed by atoms with Gasteiger partial charge in [0.25, 0.3) is 5.91 Å². The first-order valence-electron chi connectivity index (χ1n) is 8.07. The number of nitrogens with zero attached hydrogens (tertiary/aromatic N) is 3. The lowest BCUT2D eigenvalue weighted by Crippen LogP contribution is -2.17. The van der Waals surface area contributed by atoms with Gasteiger partial charge in [-0.3, -0.25) is 14.9 Å². The lowest BCUT2D eigenvalue weighted by atomic mass is 10.2. The van der Waals surface area contributed by atoms with Gasteiger partial charge in [-0.05, 0) is 35.7 Å². The van der Waals surface area contributed by atoms with E-state index in [0.717, 1.165) is 17.5 Å². The Kier molecular flexibility index (Phi) is 5.64. The summed E-state index contributed by atoms with van der Waals surface area (Å²) in [6, 6.07) is 7.94. The van der Waals surface area contributed by atoms with E-state index in [2.05, 4.69) is 25.9 Å². The third-order valence-electron chi connectivity index (χ3n) is 3.71. The second-order valence-electron chi connectivity index (χ2n) is 5.56. The molecule has 0 spiro atoms. The summed E-state index contributed by atoms with van der Waals surface area (Å²) >= 11 is 0.980. The molecule has 0 atom stereocenters. The molecule has 4 N–H and O–H groups in total. The molecule has 11 nitrogen and oxygen atoms in total. The third kappa shape index (κ3) is 4.44. The molecule has 0 aliphatic carbocycles. The molecule has 1 aromatic carbocycles. The highest BCUT2D eigenvalue weighted by atomic mass is 32.1. The first kappa shape index (κ1) is 19.7. The predicted octanol–water partition coefficient (Wildman–Crippen LogP) is 2.99. The molecular formula is C17H14N6O5S. The molecule has 0 aliphatic heterocycles. The van der Waals surface area contributed by atoms with Crippen molar-refractivity contribution < 1.29 is 19.6 Å². The summed E-state index contributed by atoms with van der Waals surface area (Å²) in [7, 11) is 1.52. The summed E-state index contributed by atoms with van der Waals surface area (Å²) in [5.41, 5.74) is 0.793. The van der Waals surface area contributed by atoms with Crippen molar-refractivity contribution in [3.63, 3.8) is 0 Å². The second kappa shape index (κ2) is 8.31. The number of nitrogens with one attached hydrogen (secondary N) is 3. The van der Waals surface area contributed by atoms with Crippen molar-refractivity contribution in [2.45, 2.75) is 0 Å². The topological polar surface area (TPSA) is 159 Å². The third-order valence-corrected chi connectivity index (χ3v) is 4.61. The molecule has 1 amide bonds. The molecule has 0 bridgehead atoms. The van der Waals surface area contributed by atoms with E-state index in [9.17, 15) is 24.8 Å². The number of nitro groups is 1. The first-order chi connectivity index (χ1) is 13.9. The van der Waals surface area contributed by atoms with Crippen molar-refractivity contribution in [2.75, 3.05) is 17.7 Å². The number of carboxylic acid groups (broad SMARTS) is 1. The Bertz CT molecular complexity index is 1080. The Labute approximate surface area is 167 Å². The summed E-state index contributed by atoms with van der Waals surface area (Å²) in [4.78, 5) is 41.5. The smallest absolute Gasteiger partial charge is 0.348 e. The van der Waals surface area contributed by atoms with Gasteiger partial charge in [-0.15, -0.1) is 11.3 Å². The number of carboxylic acids is 1. The fourth-order valence-corrected chi connectivity index (χ4v) is 3.03. The van der Waals surface area contributed by atoms with E-state index < -0.39 is 16.6 Å². The normalized spacial score (nSPS) is 10.2. The van der Waals surface area contributed by atoms with Crippen LogP contribution in [0.1, 0.15) is 20.0 Å². The maximum Gasteiger partial charge on any atom is 0.348 e. The van der Waals surface area contributed by atoms with Crippen LogP contribution in [0.3, 0.4) is 0 Å². The molecule has 2 heterocycles. The number of amides is 1. The maximum absolute atomic E-state index is 11.6. The summed E-state index contributed by atoms with van der Waals surface area (Å²) < 4.78 is 0. The van der Waals surface area contributed by atoms with Crippen LogP contribution < -0.4 is 16.0 Å². The van der Waals surface area contributed by atoms with Crippen LogP contribution in [0.25, 0.3) is 0 Å². The molecule has 0 saturated heterocycles. The van der Waals surface area contributed by atoms with Crippen LogP contribution in [0.15, 0.2) is 41.9 Å². The summed E-state index contributed by atoms with van der Waals surface area (Å²) in [5.74, 6) is -1.50. The number of carbonyl (C=O) groups is 2.